The van der Waals surface area contributed by atoms with Gasteiger partial charge >= 0.3 is 6.36 Å². The lowest BCUT2D eigenvalue weighted by molar-refractivity contribution is -0.276. The number of β-amino-alcohol motifs (C(OH)–C–C–N with tert-alkyl or cyclic N) is 1. The topological polar surface area (TPSA) is 97.9 Å². The summed E-state index contributed by atoms with van der Waals surface area (Å²) in [4.78, 5) is 20.8. The van der Waals surface area contributed by atoms with Crippen LogP contribution in [-0.4, -0.2) is 51.4 Å². The van der Waals surface area contributed by atoms with E-state index >= 15 is 0 Å². The second-order valence-corrected chi connectivity index (χ2v) is 5.16. The van der Waals surface area contributed by atoms with Gasteiger partial charge in [0.15, 0.2) is 12.3 Å². The molecule has 1 fully saturated rings. The number of hydrogen-bond acceptors (Lipinski definition) is 7. The number of carbonyl (C=O) groups excluding carboxylic acids is 1. The smallest absolute Gasteiger partial charge is 0.482 e. The van der Waals surface area contributed by atoms with E-state index in [1.165, 1.54) is 17.2 Å². The molecular formula is C14H12F3N3O5. The molecule has 1 aliphatic rings. The van der Waals surface area contributed by atoms with Crippen molar-refractivity contribution in [3.05, 3.63) is 36.2 Å². The van der Waals surface area contributed by atoms with E-state index in [1.54, 1.807) is 0 Å². The lowest BCUT2D eigenvalue weighted by Gasteiger charge is -2.35. The number of likely N-dealkylation sites (tertiary alicyclic amines) is 1. The maximum Gasteiger partial charge on any atom is 0.574 e. The first-order chi connectivity index (χ1) is 11.8. The first kappa shape index (κ1) is 17.0. The number of hydrogen-bond donors (Lipinski definition) is 1. The summed E-state index contributed by atoms with van der Waals surface area (Å²) in [7, 11) is 0. The van der Waals surface area contributed by atoms with Crippen LogP contribution in [0.3, 0.4) is 0 Å². The molecule has 0 unspecified atom stereocenters. The molecule has 0 saturated carbocycles. The fourth-order valence-corrected chi connectivity index (χ4v) is 2.03. The summed E-state index contributed by atoms with van der Waals surface area (Å²) in [5.74, 6) is -0.692. The second-order valence-electron chi connectivity index (χ2n) is 5.16. The Morgan fingerprint density at radius 1 is 1.40 bits per heavy atom. The van der Waals surface area contributed by atoms with Crippen molar-refractivity contribution in [2.75, 3.05) is 13.1 Å². The van der Waals surface area contributed by atoms with Gasteiger partial charge in [0.2, 0.25) is 11.8 Å². The predicted octanol–water partition coefficient (Wildman–Crippen LogP) is 1.36. The van der Waals surface area contributed by atoms with Gasteiger partial charge in [-0.15, -0.1) is 13.2 Å². The largest absolute Gasteiger partial charge is 0.574 e. The first-order valence-corrected chi connectivity index (χ1v) is 7.06. The molecule has 0 bridgehead atoms. The lowest BCUT2D eigenvalue weighted by Crippen LogP contribution is -2.53. The molecule has 0 spiro atoms. The third-order valence-corrected chi connectivity index (χ3v) is 3.21. The summed E-state index contributed by atoms with van der Waals surface area (Å²) in [6.45, 7) is 0.349. The molecule has 25 heavy (non-hydrogen) atoms. The van der Waals surface area contributed by atoms with Gasteiger partial charge in [0.25, 0.3) is 5.91 Å². The standard InChI is InChI=1S/C14H12F3N3O5/c15-14(16,17)25-11-2-1-9(3-18-11)23-7-12-19-10(6-24-12)13(22)20-4-8(21)5-20/h1-3,6,8,21H,4-5,7H2. The van der Waals surface area contributed by atoms with E-state index in [1.807, 2.05) is 0 Å². The molecule has 3 rings (SSSR count). The highest BCUT2D eigenvalue weighted by Crippen LogP contribution is 2.22. The number of aliphatic hydroxyl groups excluding tert-OH is 1. The van der Waals surface area contributed by atoms with Crippen LogP contribution in [0.5, 0.6) is 11.6 Å². The number of alkyl halides is 3. The third kappa shape index (κ3) is 4.38. The van der Waals surface area contributed by atoms with Crippen LogP contribution in [-0.2, 0) is 6.61 Å². The summed E-state index contributed by atoms with van der Waals surface area (Å²) in [5.41, 5.74) is 0.0811. The van der Waals surface area contributed by atoms with Gasteiger partial charge in [-0.25, -0.2) is 9.97 Å². The maximum absolute atomic E-state index is 12.0. The zero-order valence-electron chi connectivity index (χ0n) is 12.6. The Hall–Kier alpha value is -2.82. The molecule has 1 aliphatic heterocycles. The normalized spacial score (nSPS) is 15.0. The molecule has 134 valence electrons. The Bertz CT molecular complexity index is 741. The van der Waals surface area contributed by atoms with Crippen molar-refractivity contribution in [2.45, 2.75) is 19.1 Å². The monoisotopic (exact) mass is 359 g/mol. The molecule has 0 atom stereocenters. The highest BCUT2D eigenvalue weighted by molar-refractivity contribution is 5.92. The molecule has 0 aromatic carbocycles. The van der Waals surface area contributed by atoms with E-state index in [0.29, 0.717) is 0 Å². The Labute approximate surface area is 138 Å². The average Bonchev–Trinajstić information content (AvgIpc) is 2.98. The van der Waals surface area contributed by atoms with Gasteiger partial charge in [-0.05, 0) is 6.07 Å². The van der Waals surface area contributed by atoms with Gasteiger partial charge in [-0.3, -0.25) is 4.79 Å². The minimum atomic E-state index is -4.82. The highest BCUT2D eigenvalue weighted by Gasteiger charge is 2.32. The minimum absolute atomic E-state index is 0.0811. The Morgan fingerprint density at radius 3 is 2.76 bits per heavy atom. The van der Waals surface area contributed by atoms with E-state index < -0.39 is 18.3 Å². The predicted molar refractivity (Wildman–Crippen MR) is 73.7 cm³/mol. The van der Waals surface area contributed by atoms with Crippen molar-refractivity contribution in [3.8, 4) is 11.6 Å². The number of aliphatic hydroxyl groups is 1. The van der Waals surface area contributed by atoms with E-state index in [9.17, 15) is 23.1 Å². The molecule has 1 N–H and O–H groups in total. The number of nitrogens with zero attached hydrogens (tertiary/aromatic N) is 3. The van der Waals surface area contributed by atoms with Crippen molar-refractivity contribution in [1.82, 2.24) is 14.9 Å². The van der Waals surface area contributed by atoms with Gasteiger partial charge in [0.1, 0.15) is 12.0 Å². The Balaban J connectivity index is 1.53. The van der Waals surface area contributed by atoms with Crippen LogP contribution >= 0.6 is 0 Å². The summed E-state index contributed by atoms with van der Waals surface area (Å²) in [5, 5.41) is 9.18. The van der Waals surface area contributed by atoms with Crippen molar-refractivity contribution in [2.24, 2.45) is 0 Å². The van der Waals surface area contributed by atoms with Crippen molar-refractivity contribution in [3.63, 3.8) is 0 Å². The number of aromatic nitrogens is 2. The van der Waals surface area contributed by atoms with Gasteiger partial charge in [0.05, 0.1) is 12.3 Å². The average molecular weight is 359 g/mol. The number of halogens is 3. The van der Waals surface area contributed by atoms with Crippen LogP contribution in [0, 0.1) is 0 Å². The van der Waals surface area contributed by atoms with Crippen LogP contribution in [0.15, 0.2) is 29.0 Å². The minimum Gasteiger partial charge on any atom is -0.482 e. The highest BCUT2D eigenvalue weighted by atomic mass is 19.4. The molecule has 1 amide bonds. The number of amides is 1. The number of pyridine rings is 1. The van der Waals surface area contributed by atoms with Crippen LogP contribution in [0.25, 0.3) is 0 Å². The summed E-state index contributed by atoms with van der Waals surface area (Å²) >= 11 is 0. The fraction of sp³-hybridized carbons (Fsp3) is 0.357. The first-order valence-electron chi connectivity index (χ1n) is 7.06. The molecule has 3 heterocycles. The van der Waals surface area contributed by atoms with E-state index in [-0.39, 0.29) is 42.9 Å². The van der Waals surface area contributed by atoms with Crippen molar-refractivity contribution >= 4 is 5.91 Å². The number of ether oxygens (including phenoxy) is 2. The van der Waals surface area contributed by atoms with E-state index in [2.05, 4.69) is 14.7 Å². The molecule has 8 nitrogen and oxygen atoms in total. The van der Waals surface area contributed by atoms with Crippen molar-refractivity contribution in [1.29, 1.82) is 0 Å². The quantitative estimate of drug-likeness (QED) is 0.861. The molecule has 1 saturated heterocycles. The lowest BCUT2D eigenvalue weighted by atomic mass is 10.1. The van der Waals surface area contributed by atoms with Gasteiger partial charge in [-0.1, -0.05) is 0 Å². The second kappa shape index (κ2) is 6.59. The number of carbonyl (C=O) groups is 1. The van der Waals surface area contributed by atoms with Crippen LogP contribution in [0.2, 0.25) is 0 Å². The van der Waals surface area contributed by atoms with E-state index in [0.717, 1.165) is 12.3 Å². The number of oxazole rings is 1. The zero-order valence-corrected chi connectivity index (χ0v) is 12.6. The summed E-state index contributed by atoms with van der Waals surface area (Å²) in [6, 6.07) is 2.24. The third-order valence-electron chi connectivity index (χ3n) is 3.21. The SMILES string of the molecule is O=C(c1coc(COc2ccc(OC(F)(F)F)nc2)n1)N1CC(O)C1. The van der Waals surface area contributed by atoms with Crippen LogP contribution in [0.1, 0.15) is 16.4 Å². The van der Waals surface area contributed by atoms with Gasteiger partial charge in [-0.2, -0.15) is 0 Å². The zero-order chi connectivity index (χ0) is 18.0. The Morgan fingerprint density at radius 2 is 2.16 bits per heavy atom. The summed E-state index contributed by atoms with van der Waals surface area (Å²) in [6.07, 6.45) is -3.11. The molecular weight excluding hydrogens is 347 g/mol. The molecule has 0 aliphatic carbocycles. The van der Waals surface area contributed by atoms with Gasteiger partial charge in [0, 0.05) is 19.2 Å². The molecule has 11 heteroatoms. The number of rotatable bonds is 5. The van der Waals surface area contributed by atoms with Gasteiger partial charge < -0.3 is 23.9 Å². The van der Waals surface area contributed by atoms with E-state index in [4.69, 9.17) is 9.15 Å². The summed E-state index contributed by atoms with van der Waals surface area (Å²) < 4.78 is 50.1. The molecule has 0 radical (unpaired) electrons. The van der Waals surface area contributed by atoms with Crippen molar-refractivity contribution < 1.29 is 37.0 Å². The molecule has 2 aromatic rings. The van der Waals surface area contributed by atoms with Crippen LogP contribution in [0.4, 0.5) is 13.2 Å². The molecule has 2 aromatic heterocycles. The maximum atomic E-state index is 12.0. The fourth-order valence-electron chi connectivity index (χ4n) is 2.03. The van der Waals surface area contributed by atoms with Crippen LogP contribution < -0.4 is 9.47 Å². The Kier molecular flexibility index (Phi) is 4.49.